The van der Waals surface area contributed by atoms with E-state index in [-0.39, 0.29) is 0 Å². The predicted octanol–water partition coefficient (Wildman–Crippen LogP) is 2.14. The number of likely N-dealkylation sites (tertiary alicyclic amines) is 1. The molecule has 1 saturated heterocycles. The molecule has 0 N–H and O–H groups in total. The van der Waals surface area contributed by atoms with Gasteiger partial charge in [-0.15, -0.1) is 0 Å². The largest absolute Gasteiger partial charge is 0.381 e. The van der Waals surface area contributed by atoms with Crippen LogP contribution in [0.1, 0.15) is 32.1 Å². The number of methoxy groups -OCH3 is 1. The maximum Gasteiger partial charge on any atom is 0.0574 e. The third-order valence-corrected chi connectivity index (χ3v) is 3.95. The van der Waals surface area contributed by atoms with Crippen molar-refractivity contribution in [3.05, 3.63) is 0 Å². The van der Waals surface area contributed by atoms with E-state index in [1.54, 1.807) is 0 Å². The molecule has 1 saturated carbocycles. The lowest BCUT2D eigenvalue weighted by Gasteiger charge is -2.25. The maximum atomic E-state index is 5.55. The smallest absolute Gasteiger partial charge is 0.0574 e. The van der Waals surface area contributed by atoms with Crippen LogP contribution in [0.3, 0.4) is 0 Å². The Morgan fingerprint density at radius 3 is 2.43 bits per heavy atom. The van der Waals surface area contributed by atoms with Crippen LogP contribution in [-0.2, 0) is 4.74 Å². The highest BCUT2D eigenvalue weighted by Gasteiger charge is 2.27. The van der Waals surface area contributed by atoms with Crippen LogP contribution >= 0.6 is 0 Å². The zero-order valence-corrected chi connectivity index (χ0v) is 9.54. The second-order valence-corrected chi connectivity index (χ2v) is 5.20. The van der Waals surface area contributed by atoms with Gasteiger partial charge in [0.1, 0.15) is 0 Å². The van der Waals surface area contributed by atoms with Crippen molar-refractivity contribution in [3.8, 4) is 0 Å². The number of hydrogen-bond donors (Lipinski definition) is 0. The normalized spacial score (nSPS) is 40.3. The number of rotatable bonds is 1. The summed E-state index contributed by atoms with van der Waals surface area (Å²) >= 11 is 0. The third kappa shape index (κ3) is 2.48. The maximum absolute atomic E-state index is 5.55. The molecule has 0 aromatic heterocycles. The van der Waals surface area contributed by atoms with Crippen LogP contribution in [0.2, 0.25) is 0 Å². The molecule has 1 aliphatic heterocycles. The van der Waals surface area contributed by atoms with Gasteiger partial charge in [0.25, 0.3) is 0 Å². The van der Waals surface area contributed by atoms with Gasteiger partial charge in [-0.1, -0.05) is 0 Å². The molecule has 0 radical (unpaired) electrons. The molecule has 1 aliphatic carbocycles. The molecule has 14 heavy (non-hydrogen) atoms. The van der Waals surface area contributed by atoms with Gasteiger partial charge in [-0.3, -0.25) is 0 Å². The molecule has 3 unspecified atom stereocenters. The van der Waals surface area contributed by atoms with Gasteiger partial charge >= 0.3 is 0 Å². The van der Waals surface area contributed by atoms with Crippen LogP contribution in [0.25, 0.3) is 0 Å². The monoisotopic (exact) mass is 197 g/mol. The summed E-state index contributed by atoms with van der Waals surface area (Å²) in [4.78, 5) is 2.53. The lowest BCUT2D eigenvalue weighted by molar-refractivity contribution is 0.0617. The van der Waals surface area contributed by atoms with Crippen molar-refractivity contribution in [2.24, 2.45) is 11.8 Å². The highest BCUT2D eigenvalue weighted by atomic mass is 16.5. The fraction of sp³-hybridized carbons (Fsp3) is 1.00. The van der Waals surface area contributed by atoms with Crippen LogP contribution in [-0.4, -0.2) is 38.3 Å². The molecule has 3 atom stereocenters. The van der Waals surface area contributed by atoms with Crippen molar-refractivity contribution in [1.29, 1.82) is 0 Å². The fourth-order valence-corrected chi connectivity index (χ4v) is 3.16. The molecule has 1 heterocycles. The molecule has 0 spiro atoms. The van der Waals surface area contributed by atoms with E-state index in [4.69, 9.17) is 4.74 Å². The van der Waals surface area contributed by atoms with Gasteiger partial charge < -0.3 is 9.64 Å². The molecular formula is C12H23NO. The van der Waals surface area contributed by atoms with Crippen molar-refractivity contribution in [1.82, 2.24) is 4.90 Å². The van der Waals surface area contributed by atoms with Gasteiger partial charge in [0.2, 0.25) is 0 Å². The average molecular weight is 197 g/mol. The lowest BCUT2D eigenvalue weighted by atomic mass is 9.86. The molecule has 0 amide bonds. The molecule has 2 bridgehead atoms. The first-order valence-electron chi connectivity index (χ1n) is 5.99. The molecular weight excluding hydrogens is 174 g/mol. The van der Waals surface area contributed by atoms with Crippen molar-refractivity contribution >= 4 is 0 Å². The van der Waals surface area contributed by atoms with Crippen molar-refractivity contribution in [2.45, 2.75) is 38.2 Å². The Bertz CT molecular complexity index is 183. The van der Waals surface area contributed by atoms with Gasteiger partial charge in [0.05, 0.1) is 6.10 Å². The van der Waals surface area contributed by atoms with E-state index in [1.807, 2.05) is 7.11 Å². The Kier molecular flexibility index (Phi) is 3.45. The van der Waals surface area contributed by atoms with Gasteiger partial charge in [0.15, 0.2) is 0 Å². The molecule has 2 fully saturated rings. The van der Waals surface area contributed by atoms with Crippen molar-refractivity contribution in [2.75, 3.05) is 27.2 Å². The highest BCUT2D eigenvalue weighted by molar-refractivity contribution is 4.80. The van der Waals surface area contributed by atoms with Crippen LogP contribution in [0.15, 0.2) is 0 Å². The first-order chi connectivity index (χ1) is 6.78. The Morgan fingerprint density at radius 2 is 1.64 bits per heavy atom. The van der Waals surface area contributed by atoms with Crippen LogP contribution in [0.4, 0.5) is 0 Å². The Balaban J connectivity index is 2.02. The van der Waals surface area contributed by atoms with E-state index in [0.29, 0.717) is 6.10 Å². The van der Waals surface area contributed by atoms with Crippen LogP contribution in [0.5, 0.6) is 0 Å². The van der Waals surface area contributed by atoms with Gasteiger partial charge in [-0.05, 0) is 51.0 Å². The molecule has 0 aromatic rings. The highest BCUT2D eigenvalue weighted by Crippen LogP contribution is 2.31. The Hall–Kier alpha value is -0.0800. The summed E-state index contributed by atoms with van der Waals surface area (Å²) in [5.74, 6) is 1.82. The van der Waals surface area contributed by atoms with E-state index in [1.165, 1.54) is 45.2 Å². The number of ether oxygens (including phenoxy) is 1. The van der Waals surface area contributed by atoms with E-state index < -0.39 is 0 Å². The Morgan fingerprint density at radius 1 is 1.00 bits per heavy atom. The minimum atomic E-state index is 0.536. The standard InChI is InChI=1S/C12H23NO/c1-13-8-10-3-4-11(9-13)7-12(14-2)6-5-10/h10-12H,3-9H2,1-2H3. The Labute approximate surface area is 87.6 Å². The van der Waals surface area contributed by atoms with Crippen LogP contribution in [0, 0.1) is 11.8 Å². The van der Waals surface area contributed by atoms with Crippen molar-refractivity contribution in [3.63, 3.8) is 0 Å². The number of nitrogens with zero attached hydrogens (tertiary/aromatic N) is 1. The van der Waals surface area contributed by atoms with Crippen LogP contribution < -0.4 is 0 Å². The quantitative estimate of drug-likeness (QED) is 0.638. The molecule has 2 rings (SSSR count). The van der Waals surface area contributed by atoms with Crippen molar-refractivity contribution < 1.29 is 4.74 Å². The zero-order valence-electron chi connectivity index (χ0n) is 9.54. The molecule has 2 nitrogen and oxygen atoms in total. The lowest BCUT2D eigenvalue weighted by Crippen LogP contribution is -2.26. The summed E-state index contributed by atoms with van der Waals surface area (Å²) in [6.07, 6.45) is 7.35. The third-order valence-electron chi connectivity index (χ3n) is 3.95. The summed E-state index contributed by atoms with van der Waals surface area (Å²) in [7, 11) is 4.15. The van der Waals surface area contributed by atoms with E-state index in [9.17, 15) is 0 Å². The van der Waals surface area contributed by atoms with Gasteiger partial charge in [0, 0.05) is 20.2 Å². The number of fused-ring (bicyclic) bond motifs is 3. The average Bonchev–Trinajstić information content (AvgIpc) is 2.26. The van der Waals surface area contributed by atoms with E-state index in [0.717, 1.165) is 11.8 Å². The minimum absolute atomic E-state index is 0.536. The van der Waals surface area contributed by atoms with Gasteiger partial charge in [-0.2, -0.15) is 0 Å². The number of hydrogen-bond acceptors (Lipinski definition) is 2. The SMILES string of the molecule is COC1CCC2CCC(C1)CN(C)C2. The zero-order chi connectivity index (χ0) is 9.97. The first kappa shape index (κ1) is 10.4. The second-order valence-electron chi connectivity index (χ2n) is 5.20. The van der Waals surface area contributed by atoms with E-state index in [2.05, 4.69) is 11.9 Å². The topological polar surface area (TPSA) is 12.5 Å². The summed E-state index contributed by atoms with van der Waals surface area (Å²) in [6, 6.07) is 0. The molecule has 2 aliphatic rings. The first-order valence-corrected chi connectivity index (χ1v) is 5.99. The summed E-state index contributed by atoms with van der Waals surface area (Å²) < 4.78 is 5.55. The van der Waals surface area contributed by atoms with E-state index >= 15 is 0 Å². The second kappa shape index (κ2) is 4.63. The molecule has 2 heteroatoms. The fourth-order valence-electron chi connectivity index (χ4n) is 3.16. The molecule has 82 valence electrons. The summed E-state index contributed by atoms with van der Waals surface area (Å²) in [6.45, 7) is 2.60. The molecule has 0 aromatic carbocycles. The summed E-state index contributed by atoms with van der Waals surface area (Å²) in [5, 5.41) is 0. The predicted molar refractivity (Wildman–Crippen MR) is 58.4 cm³/mol. The minimum Gasteiger partial charge on any atom is -0.381 e. The van der Waals surface area contributed by atoms with Gasteiger partial charge in [-0.25, -0.2) is 0 Å². The summed E-state index contributed by atoms with van der Waals surface area (Å²) in [5.41, 5.74) is 0.